The van der Waals surface area contributed by atoms with E-state index in [9.17, 15) is 8.42 Å². The molecule has 0 fully saturated rings. The minimum absolute atomic E-state index is 0.00394. The van der Waals surface area contributed by atoms with Crippen LogP contribution in [-0.4, -0.2) is 15.0 Å². The predicted octanol–water partition coefficient (Wildman–Crippen LogP) is 2.88. The number of benzene rings is 1. The molecule has 1 atom stereocenters. The number of rotatable bonds is 4. The molecule has 6 heteroatoms. The van der Waals surface area contributed by atoms with Gasteiger partial charge >= 0.3 is 0 Å². The Morgan fingerprint density at radius 3 is 2.50 bits per heavy atom. The van der Waals surface area contributed by atoms with Crippen LogP contribution in [0, 0.1) is 0 Å². The van der Waals surface area contributed by atoms with E-state index in [1.165, 1.54) is 11.3 Å². The monoisotopic (exact) mass is 301 g/mol. The average Bonchev–Trinajstić information content (AvgIpc) is 2.86. The van der Waals surface area contributed by atoms with Crippen molar-refractivity contribution < 1.29 is 8.42 Å². The van der Waals surface area contributed by atoms with Crippen LogP contribution >= 0.6 is 22.9 Å². The predicted molar refractivity (Wildman–Crippen MR) is 74.8 cm³/mol. The third-order valence-corrected chi connectivity index (χ3v) is 6.50. The van der Waals surface area contributed by atoms with Gasteiger partial charge in [-0.05, 0) is 23.1 Å². The van der Waals surface area contributed by atoms with Crippen LogP contribution < -0.4 is 5.73 Å². The Hall–Kier alpha value is -0.880. The van der Waals surface area contributed by atoms with Gasteiger partial charge in [0.2, 0.25) is 0 Å². The molecule has 0 spiro atoms. The molecule has 0 radical (unpaired) electrons. The van der Waals surface area contributed by atoms with Crippen molar-refractivity contribution in [2.75, 3.05) is 6.54 Å². The molecule has 18 heavy (non-hydrogen) atoms. The van der Waals surface area contributed by atoms with Gasteiger partial charge in [0.25, 0.3) is 0 Å². The maximum atomic E-state index is 12.4. The second-order valence-electron chi connectivity index (χ2n) is 3.72. The van der Waals surface area contributed by atoms with E-state index < -0.39 is 15.1 Å². The summed E-state index contributed by atoms with van der Waals surface area (Å²) in [7, 11) is -3.47. The maximum Gasteiger partial charge on any atom is 0.196 e. The van der Waals surface area contributed by atoms with Crippen LogP contribution in [0.5, 0.6) is 0 Å². The van der Waals surface area contributed by atoms with Gasteiger partial charge in [0.05, 0.1) is 0 Å². The van der Waals surface area contributed by atoms with Crippen molar-refractivity contribution in [1.29, 1.82) is 0 Å². The molecule has 0 aliphatic rings. The fourth-order valence-electron chi connectivity index (χ4n) is 1.72. The van der Waals surface area contributed by atoms with Gasteiger partial charge in [-0.15, -0.1) is 11.3 Å². The van der Waals surface area contributed by atoms with Gasteiger partial charge in [0.1, 0.15) is 9.46 Å². The molecule has 1 heterocycles. The second-order valence-corrected chi connectivity index (χ2v) is 7.44. The lowest BCUT2D eigenvalue weighted by atomic mass is 10.1. The Labute approximate surface area is 115 Å². The van der Waals surface area contributed by atoms with E-state index in [0.29, 0.717) is 14.8 Å². The topological polar surface area (TPSA) is 60.2 Å². The van der Waals surface area contributed by atoms with Gasteiger partial charge < -0.3 is 5.73 Å². The molecule has 96 valence electrons. The molecule has 2 rings (SSSR count). The molecule has 0 unspecified atom stereocenters. The Kier molecular flexibility index (Phi) is 4.07. The zero-order chi connectivity index (χ0) is 13.2. The molecular weight excluding hydrogens is 290 g/mol. The molecule has 3 nitrogen and oxygen atoms in total. The van der Waals surface area contributed by atoms with Crippen LogP contribution in [0.4, 0.5) is 0 Å². The number of halogens is 1. The molecule has 0 aliphatic heterocycles. The number of hydrogen-bond donors (Lipinski definition) is 1. The fraction of sp³-hybridized carbons (Fsp3) is 0.167. The van der Waals surface area contributed by atoms with Gasteiger partial charge in [0, 0.05) is 11.6 Å². The van der Waals surface area contributed by atoms with Crippen molar-refractivity contribution in [3.8, 4) is 0 Å². The Balaban J connectivity index is 2.51. The summed E-state index contributed by atoms with van der Waals surface area (Å²) in [6.07, 6.45) is 0. The highest BCUT2D eigenvalue weighted by Gasteiger charge is 2.30. The van der Waals surface area contributed by atoms with E-state index in [1.807, 2.05) is 0 Å². The molecule has 0 saturated carbocycles. The number of nitrogens with two attached hydrogens (primary N) is 1. The lowest BCUT2D eigenvalue weighted by Crippen LogP contribution is -2.22. The van der Waals surface area contributed by atoms with E-state index in [-0.39, 0.29) is 6.54 Å². The van der Waals surface area contributed by atoms with E-state index in [2.05, 4.69) is 0 Å². The van der Waals surface area contributed by atoms with Crippen molar-refractivity contribution >= 4 is 32.8 Å². The Morgan fingerprint density at radius 1 is 1.22 bits per heavy atom. The van der Waals surface area contributed by atoms with E-state index in [1.54, 1.807) is 41.8 Å². The van der Waals surface area contributed by atoms with Crippen LogP contribution in [0.1, 0.15) is 10.8 Å². The molecule has 0 aliphatic carbocycles. The van der Waals surface area contributed by atoms with Crippen molar-refractivity contribution in [1.82, 2.24) is 0 Å². The van der Waals surface area contributed by atoms with Crippen LogP contribution in [0.25, 0.3) is 0 Å². The van der Waals surface area contributed by atoms with Gasteiger partial charge in [-0.3, -0.25) is 0 Å². The second kappa shape index (κ2) is 5.40. The standard InChI is InChI=1S/C12H12ClNO2S2/c13-10-5-2-1-4-9(10)11(8-14)18(15,16)12-6-3-7-17-12/h1-7,11H,8,14H2/t11-/m0/s1. The fourth-order valence-corrected chi connectivity index (χ4v) is 4.90. The van der Waals surface area contributed by atoms with Crippen molar-refractivity contribution in [3.05, 3.63) is 52.4 Å². The van der Waals surface area contributed by atoms with Crippen molar-refractivity contribution in [2.45, 2.75) is 9.46 Å². The summed E-state index contributed by atoms with van der Waals surface area (Å²) >= 11 is 7.24. The zero-order valence-corrected chi connectivity index (χ0v) is 11.8. The number of thiophene rings is 1. The maximum absolute atomic E-state index is 12.4. The SMILES string of the molecule is NC[C@@H](c1ccccc1Cl)S(=O)(=O)c1cccs1. The van der Waals surface area contributed by atoms with Crippen LogP contribution in [0.15, 0.2) is 46.0 Å². The molecule has 1 aromatic heterocycles. The molecule has 0 bridgehead atoms. The van der Waals surface area contributed by atoms with Gasteiger partial charge in [-0.1, -0.05) is 35.9 Å². The highest BCUT2D eigenvalue weighted by Crippen LogP contribution is 2.34. The first-order valence-corrected chi connectivity index (χ1v) is 8.09. The zero-order valence-electron chi connectivity index (χ0n) is 9.41. The quantitative estimate of drug-likeness (QED) is 0.944. The minimum atomic E-state index is -3.47. The first kappa shape index (κ1) is 13.5. The molecular formula is C12H12ClNO2S2. The Morgan fingerprint density at radius 2 is 1.94 bits per heavy atom. The lowest BCUT2D eigenvalue weighted by molar-refractivity contribution is 0.584. The van der Waals surface area contributed by atoms with Gasteiger partial charge in [-0.25, -0.2) is 8.42 Å². The highest BCUT2D eigenvalue weighted by atomic mass is 35.5. The summed E-state index contributed by atoms with van der Waals surface area (Å²) in [5.74, 6) is 0. The van der Waals surface area contributed by atoms with Crippen LogP contribution in [-0.2, 0) is 9.84 Å². The summed E-state index contributed by atoms with van der Waals surface area (Å²) in [6.45, 7) is 0.00394. The average molecular weight is 302 g/mol. The molecule has 2 N–H and O–H groups in total. The third kappa shape index (κ3) is 2.44. The van der Waals surface area contributed by atoms with Crippen LogP contribution in [0.2, 0.25) is 5.02 Å². The first-order valence-electron chi connectivity index (χ1n) is 5.29. The number of sulfone groups is 1. The largest absolute Gasteiger partial charge is 0.329 e. The lowest BCUT2D eigenvalue weighted by Gasteiger charge is -2.16. The summed E-state index contributed by atoms with van der Waals surface area (Å²) in [5, 5.41) is 1.35. The molecule has 0 saturated heterocycles. The summed E-state index contributed by atoms with van der Waals surface area (Å²) < 4.78 is 25.2. The molecule has 2 aromatic rings. The van der Waals surface area contributed by atoms with Gasteiger partial charge in [-0.2, -0.15) is 0 Å². The summed E-state index contributed by atoms with van der Waals surface area (Å²) in [4.78, 5) is 0. The molecule has 0 amide bonds. The third-order valence-electron chi connectivity index (χ3n) is 2.62. The van der Waals surface area contributed by atoms with Crippen LogP contribution in [0.3, 0.4) is 0 Å². The normalized spacial score (nSPS) is 13.4. The van der Waals surface area contributed by atoms with Gasteiger partial charge in [0.15, 0.2) is 9.84 Å². The van der Waals surface area contributed by atoms with Crippen molar-refractivity contribution in [2.24, 2.45) is 5.73 Å². The minimum Gasteiger partial charge on any atom is -0.329 e. The Bertz CT molecular complexity index is 623. The molecule has 1 aromatic carbocycles. The summed E-state index contributed by atoms with van der Waals surface area (Å²) in [6, 6.07) is 10.2. The van der Waals surface area contributed by atoms with E-state index >= 15 is 0 Å². The smallest absolute Gasteiger partial charge is 0.196 e. The van der Waals surface area contributed by atoms with E-state index in [0.717, 1.165) is 0 Å². The van der Waals surface area contributed by atoms with E-state index in [4.69, 9.17) is 17.3 Å². The number of hydrogen-bond acceptors (Lipinski definition) is 4. The highest BCUT2D eigenvalue weighted by molar-refractivity contribution is 7.93. The first-order chi connectivity index (χ1) is 8.57. The van der Waals surface area contributed by atoms with Crippen molar-refractivity contribution in [3.63, 3.8) is 0 Å². The summed E-state index contributed by atoms with van der Waals surface area (Å²) in [5.41, 5.74) is 6.18.